The van der Waals surface area contributed by atoms with Crippen molar-refractivity contribution in [3.63, 3.8) is 0 Å². The monoisotopic (exact) mass is 284 g/mol. The number of hydrogen-bond acceptors (Lipinski definition) is 2. The van der Waals surface area contributed by atoms with Crippen LogP contribution in [0.4, 0.5) is 13.6 Å². The first-order valence-corrected chi connectivity index (χ1v) is 6.60. The number of rotatable bonds is 6. The van der Waals surface area contributed by atoms with Gasteiger partial charge in [-0.15, -0.1) is 0 Å². The van der Waals surface area contributed by atoms with Gasteiger partial charge in [0.1, 0.15) is 11.6 Å². The Bertz CT molecular complexity index is 478. The molecule has 1 aliphatic rings. The Balaban J connectivity index is 2.04. The van der Waals surface area contributed by atoms with Crippen LogP contribution in [0, 0.1) is 17.6 Å². The van der Waals surface area contributed by atoms with Crippen LogP contribution in [0.1, 0.15) is 24.4 Å². The molecule has 1 saturated carbocycles. The number of urea groups is 1. The van der Waals surface area contributed by atoms with E-state index in [0.717, 1.165) is 31.0 Å². The van der Waals surface area contributed by atoms with Crippen LogP contribution in [0.2, 0.25) is 0 Å². The highest BCUT2D eigenvalue weighted by Gasteiger charge is 2.35. The fraction of sp³-hybridized carbons (Fsp3) is 0.500. The highest BCUT2D eigenvalue weighted by atomic mass is 19.1. The van der Waals surface area contributed by atoms with Gasteiger partial charge in [-0.3, -0.25) is 0 Å². The highest BCUT2D eigenvalue weighted by Crippen LogP contribution is 2.41. The Morgan fingerprint density at radius 1 is 1.45 bits per heavy atom. The summed E-state index contributed by atoms with van der Waals surface area (Å²) in [5, 5.41) is 5.32. The molecule has 0 aromatic heterocycles. The highest BCUT2D eigenvalue weighted by molar-refractivity contribution is 5.74. The zero-order chi connectivity index (χ0) is 14.5. The number of halogens is 2. The number of methoxy groups -OCH3 is 1. The summed E-state index contributed by atoms with van der Waals surface area (Å²) in [6, 6.07) is 2.41. The molecular weight excluding hydrogens is 266 g/mol. The first-order chi connectivity index (χ1) is 9.61. The molecule has 1 atom stereocenters. The zero-order valence-electron chi connectivity index (χ0n) is 11.3. The lowest BCUT2D eigenvalue weighted by Gasteiger charge is -2.20. The first-order valence-electron chi connectivity index (χ1n) is 6.60. The molecule has 0 unspecified atom stereocenters. The van der Waals surface area contributed by atoms with Gasteiger partial charge in [0, 0.05) is 19.2 Å². The summed E-state index contributed by atoms with van der Waals surface area (Å²) in [4.78, 5) is 11.7. The average Bonchev–Trinajstić information content (AvgIpc) is 3.24. The van der Waals surface area contributed by atoms with Crippen molar-refractivity contribution in [2.45, 2.75) is 18.9 Å². The molecule has 20 heavy (non-hydrogen) atoms. The maximum Gasteiger partial charge on any atom is 0.315 e. The van der Waals surface area contributed by atoms with E-state index < -0.39 is 23.7 Å². The predicted molar refractivity (Wildman–Crippen MR) is 70.2 cm³/mol. The Kier molecular flexibility index (Phi) is 4.89. The summed E-state index contributed by atoms with van der Waals surface area (Å²) in [7, 11) is 1.54. The molecule has 0 saturated heterocycles. The van der Waals surface area contributed by atoms with E-state index in [-0.39, 0.29) is 11.5 Å². The lowest BCUT2D eigenvalue weighted by molar-refractivity contribution is 0.194. The number of amides is 2. The number of nitrogens with one attached hydrogen (secondary N) is 2. The lowest BCUT2D eigenvalue weighted by atomic mass is 10.0. The number of carbonyl (C=O) groups is 1. The van der Waals surface area contributed by atoms with Gasteiger partial charge in [-0.25, -0.2) is 13.6 Å². The van der Waals surface area contributed by atoms with Crippen molar-refractivity contribution in [1.82, 2.24) is 10.6 Å². The van der Waals surface area contributed by atoms with Crippen molar-refractivity contribution >= 4 is 6.03 Å². The molecule has 1 aromatic rings. The van der Waals surface area contributed by atoms with E-state index >= 15 is 0 Å². The van der Waals surface area contributed by atoms with Gasteiger partial charge in [-0.1, -0.05) is 0 Å². The van der Waals surface area contributed by atoms with Gasteiger partial charge in [-0.2, -0.15) is 0 Å². The van der Waals surface area contributed by atoms with E-state index in [9.17, 15) is 13.6 Å². The predicted octanol–water partition coefficient (Wildman–Crippen LogP) is 2.36. The van der Waals surface area contributed by atoms with Crippen LogP contribution in [0.5, 0.6) is 0 Å². The Hall–Kier alpha value is -1.69. The summed E-state index contributed by atoms with van der Waals surface area (Å²) >= 11 is 0. The Labute approximate surface area is 116 Å². The summed E-state index contributed by atoms with van der Waals surface area (Å²) in [6.45, 7) is 0.765. The minimum Gasteiger partial charge on any atom is -0.383 e. The molecule has 0 heterocycles. The normalized spacial score (nSPS) is 15.8. The third-order valence-corrected chi connectivity index (χ3v) is 3.26. The second-order valence-corrected chi connectivity index (χ2v) is 4.87. The summed E-state index contributed by atoms with van der Waals surface area (Å²) in [5.74, 6) is -0.839. The molecule has 0 radical (unpaired) electrons. The van der Waals surface area contributed by atoms with E-state index in [0.29, 0.717) is 13.2 Å². The molecule has 2 rings (SSSR count). The van der Waals surface area contributed by atoms with E-state index in [1.165, 1.54) is 7.11 Å². The summed E-state index contributed by atoms with van der Waals surface area (Å²) in [6.07, 6.45) is 1.80. The van der Waals surface area contributed by atoms with Crippen molar-refractivity contribution in [1.29, 1.82) is 0 Å². The zero-order valence-corrected chi connectivity index (χ0v) is 11.3. The molecule has 1 fully saturated rings. The molecule has 0 spiro atoms. The van der Waals surface area contributed by atoms with Crippen molar-refractivity contribution < 1.29 is 18.3 Å². The first kappa shape index (κ1) is 14.7. The fourth-order valence-electron chi connectivity index (χ4n) is 2.09. The van der Waals surface area contributed by atoms with Crippen LogP contribution in [-0.4, -0.2) is 26.3 Å². The smallest absolute Gasteiger partial charge is 0.315 e. The van der Waals surface area contributed by atoms with E-state index in [4.69, 9.17) is 4.74 Å². The summed E-state index contributed by atoms with van der Waals surface area (Å²) < 4.78 is 31.9. The minimum atomic E-state index is -0.506. The van der Waals surface area contributed by atoms with Crippen LogP contribution >= 0.6 is 0 Å². The van der Waals surface area contributed by atoms with Crippen LogP contribution < -0.4 is 10.6 Å². The van der Waals surface area contributed by atoms with Gasteiger partial charge in [-0.05, 0) is 37.0 Å². The molecule has 1 aliphatic carbocycles. The van der Waals surface area contributed by atoms with E-state index in [1.807, 2.05) is 0 Å². The molecule has 6 heteroatoms. The molecule has 0 bridgehead atoms. The molecule has 1 aromatic carbocycles. The largest absolute Gasteiger partial charge is 0.383 e. The summed E-state index contributed by atoms with van der Waals surface area (Å²) in [5.41, 5.74) is 0.203. The molecule has 2 amide bonds. The number of benzene rings is 1. The molecular formula is C14H18F2N2O2. The second-order valence-electron chi connectivity index (χ2n) is 4.87. The number of hydrogen-bond donors (Lipinski definition) is 2. The molecule has 0 aliphatic heterocycles. The second kappa shape index (κ2) is 6.65. The van der Waals surface area contributed by atoms with Crippen molar-refractivity contribution in [3.8, 4) is 0 Å². The van der Waals surface area contributed by atoms with Gasteiger partial charge in [0.05, 0.1) is 12.6 Å². The number of ether oxygens (including phenoxy) is 1. The maximum absolute atomic E-state index is 13.8. The van der Waals surface area contributed by atoms with Crippen LogP contribution in [0.3, 0.4) is 0 Å². The standard InChI is InChI=1S/C14H18F2N2O2/c1-20-7-6-17-14(19)18-13(9-2-3-9)11-8-10(15)4-5-12(11)16/h4-5,8-9,13H,2-3,6-7H2,1H3,(H2,17,18,19)/t13-/m0/s1. The fourth-order valence-corrected chi connectivity index (χ4v) is 2.09. The number of carbonyl (C=O) groups excluding carboxylic acids is 1. The molecule has 4 nitrogen and oxygen atoms in total. The van der Waals surface area contributed by atoms with Gasteiger partial charge in [0.2, 0.25) is 0 Å². The van der Waals surface area contributed by atoms with E-state index in [1.54, 1.807) is 0 Å². The SMILES string of the molecule is COCCNC(=O)N[C@H](c1cc(F)ccc1F)C1CC1. The van der Waals surface area contributed by atoms with Gasteiger partial charge in [0.15, 0.2) is 0 Å². The van der Waals surface area contributed by atoms with Gasteiger partial charge >= 0.3 is 6.03 Å². The van der Waals surface area contributed by atoms with Crippen LogP contribution in [-0.2, 0) is 4.74 Å². The topological polar surface area (TPSA) is 50.4 Å². The third kappa shape index (κ3) is 3.90. The lowest BCUT2D eigenvalue weighted by Crippen LogP contribution is -2.40. The Morgan fingerprint density at radius 2 is 2.20 bits per heavy atom. The third-order valence-electron chi connectivity index (χ3n) is 3.26. The average molecular weight is 284 g/mol. The minimum absolute atomic E-state index is 0.166. The van der Waals surface area contributed by atoms with Crippen molar-refractivity contribution in [3.05, 3.63) is 35.4 Å². The van der Waals surface area contributed by atoms with Gasteiger partial charge < -0.3 is 15.4 Å². The maximum atomic E-state index is 13.8. The van der Waals surface area contributed by atoms with Crippen LogP contribution in [0.15, 0.2) is 18.2 Å². The molecule has 2 N–H and O–H groups in total. The van der Waals surface area contributed by atoms with Gasteiger partial charge in [0.25, 0.3) is 0 Å². The Morgan fingerprint density at radius 3 is 2.85 bits per heavy atom. The van der Waals surface area contributed by atoms with E-state index in [2.05, 4.69) is 10.6 Å². The van der Waals surface area contributed by atoms with Crippen molar-refractivity contribution in [2.75, 3.05) is 20.3 Å². The molecule has 110 valence electrons. The van der Waals surface area contributed by atoms with Crippen molar-refractivity contribution in [2.24, 2.45) is 5.92 Å². The van der Waals surface area contributed by atoms with Crippen LogP contribution in [0.25, 0.3) is 0 Å². The quantitative estimate of drug-likeness (QED) is 0.788.